The summed E-state index contributed by atoms with van der Waals surface area (Å²) in [6.07, 6.45) is 4.02. The molecule has 170 valence electrons. The number of halogens is 1. The minimum Gasteiger partial charge on any atom is -0.504 e. The van der Waals surface area contributed by atoms with Gasteiger partial charge < -0.3 is 9.84 Å². The zero-order valence-electron chi connectivity index (χ0n) is 18.3. The molecule has 4 unspecified atom stereocenters. The van der Waals surface area contributed by atoms with Gasteiger partial charge in [-0.1, -0.05) is 11.6 Å². The minimum absolute atomic E-state index is 0.001000. The number of ketones is 2. The number of carbonyl (C=O) groups is 4. The molecule has 1 saturated heterocycles. The molecule has 1 aromatic rings. The minimum atomic E-state index is -0.558. The third-order valence-corrected chi connectivity index (χ3v) is 8.21. The lowest BCUT2D eigenvalue weighted by molar-refractivity contribution is -0.138. The fourth-order valence-corrected chi connectivity index (χ4v) is 6.46. The van der Waals surface area contributed by atoms with E-state index in [0.717, 1.165) is 5.57 Å². The van der Waals surface area contributed by atoms with Crippen LogP contribution in [0.5, 0.6) is 11.5 Å². The number of ether oxygens (including phenoxy) is 1. The summed E-state index contributed by atoms with van der Waals surface area (Å²) >= 11 is 2.00. The Morgan fingerprint density at radius 2 is 1.85 bits per heavy atom. The van der Waals surface area contributed by atoms with Crippen LogP contribution in [-0.4, -0.2) is 47.5 Å². The number of hydrogen-bond donors (Lipinski definition) is 1. The van der Waals surface area contributed by atoms with Crippen LogP contribution < -0.4 is 4.74 Å². The molecule has 33 heavy (non-hydrogen) atoms. The van der Waals surface area contributed by atoms with Crippen LogP contribution in [0.1, 0.15) is 31.2 Å². The monoisotopic (exact) mass is 559 g/mol. The van der Waals surface area contributed by atoms with Crippen LogP contribution in [-0.2, 0) is 19.2 Å². The van der Waals surface area contributed by atoms with Crippen molar-refractivity contribution < 1.29 is 29.0 Å². The van der Waals surface area contributed by atoms with Crippen molar-refractivity contribution in [3.8, 4) is 11.5 Å². The maximum absolute atomic E-state index is 13.2. The number of likely N-dealkylation sites (tertiary alicyclic amines) is 1. The van der Waals surface area contributed by atoms with Crippen molar-refractivity contribution >= 4 is 46.0 Å². The predicted octanol–water partition coefficient (Wildman–Crippen LogP) is 3.06. The second-order valence-corrected chi connectivity index (χ2v) is 10.2. The third kappa shape index (κ3) is 3.06. The number of Topliss-reactive ketones (excluding diaryl/α,β-unsaturated/α-hetero) is 1. The van der Waals surface area contributed by atoms with Gasteiger partial charge in [-0.15, -0.1) is 0 Å². The molecule has 0 bridgehead atoms. The molecule has 4 aliphatic rings. The molecule has 0 radical (unpaired) electrons. The van der Waals surface area contributed by atoms with Gasteiger partial charge in [-0.2, -0.15) is 0 Å². The molecule has 1 heterocycles. The molecule has 2 amide bonds. The van der Waals surface area contributed by atoms with Crippen molar-refractivity contribution in [2.45, 2.75) is 25.7 Å². The van der Waals surface area contributed by atoms with Crippen molar-refractivity contribution in [1.29, 1.82) is 0 Å². The highest BCUT2D eigenvalue weighted by atomic mass is 127. The highest BCUT2D eigenvalue weighted by molar-refractivity contribution is 14.1. The Labute approximate surface area is 204 Å². The average molecular weight is 559 g/mol. The number of phenolic OH excluding ortho intramolecular Hbond substituents is 1. The summed E-state index contributed by atoms with van der Waals surface area (Å²) in [6, 6.07) is 3.46. The van der Waals surface area contributed by atoms with Gasteiger partial charge in [-0.05, 0) is 72.0 Å². The van der Waals surface area contributed by atoms with Gasteiger partial charge in [0.25, 0.3) is 0 Å². The Morgan fingerprint density at radius 1 is 1.12 bits per heavy atom. The van der Waals surface area contributed by atoms with Crippen molar-refractivity contribution in [2.24, 2.45) is 17.8 Å². The quantitative estimate of drug-likeness (QED) is 0.259. The largest absolute Gasteiger partial charge is 0.504 e. The number of rotatable bonds is 2. The van der Waals surface area contributed by atoms with Gasteiger partial charge in [0, 0.05) is 29.7 Å². The van der Waals surface area contributed by atoms with Crippen molar-refractivity contribution in [1.82, 2.24) is 4.90 Å². The van der Waals surface area contributed by atoms with Gasteiger partial charge in [0.2, 0.25) is 11.8 Å². The molecule has 5 rings (SSSR count). The summed E-state index contributed by atoms with van der Waals surface area (Å²) < 4.78 is 5.90. The summed E-state index contributed by atoms with van der Waals surface area (Å²) in [7, 11) is 2.96. The number of phenols is 1. The van der Waals surface area contributed by atoms with Gasteiger partial charge in [0.05, 0.1) is 22.5 Å². The van der Waals surface area contributed by atoms with E-state index in [1.165, 1.54) is 25.1 Å². The number of hydrogen-bond acceptors (Lipinski definition) is 6. The first-order valence-corrected chi connectivity index (χ1v) is 11.8. The van der Waals surface area contributed by atoms with Crippen molar-refractivity contribution in [2.75, 3.05) is 14.2 Å². The topological polar surface area (TPSA) is 101 Å². The molecule has 3 aliphatic carbocycles. The molecule has 7 nitrogen and oxygen atoms in total. The van der Waals surface area contributed by atoms with E-state index in [-0.39, 0.29) is 47.2 Å². The molecule has 0 spiro atoms. The van der Waals surface area contributed by atoms with Crippen LogP contribution in [0.25, 0.3) is 0 Å². The molecule has 1 N–H and O–H groups in total. The Kier molecular flexibility index (Phi) is 5.11. The Hall–Kier alpha value is -2.75. The second-order valence-electron chi connectivity index (χ2n) is 9.02. The zero-order valence-corrected chi connectivity index (χ0v) is 20.5. The van der Waals surface area contributed by atoms with Gasteiger partial charge in [-0.25, -0.2) is 0 Å². The molecule has 1 fully saturated rings. The Balaban J connectivity index is 1.74. The van der Waals surface area contributed by atoms with Crippen LogP contribution in [0.15, 0.2) is 46.6 Å². The van der Waals surface area contributed by atoms with Gasteiger partial charge >= 0.3 is 0 Å². The molecule has 4 atom stereocenters. The number of methoxy groups -OCH3 is 1. The smallest absolute Gasteiger partial charge is 0.233 e. The van der Waals surface area contributed by atoms with E-state index in [4.69, 9.17) is 4.74 Å². The van der Waals surface area contributed by atoms with Crippen LogP contribution >= 0.6 is 22.6 Å². The van der Waals surface area contributed by atoms with E-state index < -0.39 is 17.8 Å². The first-order chi connectivity index (χ1) is 15.6. The lowest BCUT2D eigenvalue weighted by atomic mass is 9.59. The van der Waals surface area contributed by atoms with Crippen LogP contribution in [0.4, 0.5) is 0 Å². The first kappa shape index (κ1) is 22.1. The summed E-state index contributed by atoms with van der Waals surface area (Å²) in [6.45, 7) is 1.62. The lowest BCUT2D eigenvalue weighted by Gasteiger charge is -2.42. The number of amides is 2. The van der Waals surface area contributed by atoms with E-state index in [1.54, 1.807) is 19.1 Å². The number of allylic oxidation sites excluding steroid dienone is 6. The van der Waals surface area contributed by atoms with Crippen molar-refractivity contribution in [3.63, 3.8) is 0 Å². The maximum Gasteiger partial charge on any atom is 0.233 e. The third-order valence-electron chi connectivity index (χ3n) is 7.39. The zero-order chi connectivity index (χ0) is 23.8. The normalized spacial score (nSPS) is 28.9. The lowest BCUT2D eigenvalue weighted by Crippen LogP contribution is -2.39. The van der Waals surface area contributed by atoms with E-state index >= 15 is 0 Å². The molecule has 8 heteroatoms. The molecular formula is C25H22INO6. The maximum atomic E-state index is 13.2. The van der Waals surface area contributed by atoms with Crippen molar-refractivity contribution in [3.05, 3.63) is 55.7 Å². The number of carbonyl (C=O) groups excluding carboxylic acids is 4. The Bertz CT molecular complexity index is 1260. The highest BCUT2D eigenvalue weighted by Crippen LogP contribution is 2.55. The number of fused-ring (bicyclic) bond motifs is 3. The van der Waals surface area contributed by atoms with Gasteiger partial charge in [0.15, 0.2) is 23.1 Å². The van der Waals surface area contributed by atoms with Crippen LogP contribution in [0.3, 0.4) is 0 Å². The molecule has 1 aromatic carbocycles. The fourth-order valence-electron chi connectivity index (χ4n) is 5.83. The number of imide groups is 1. The first-order valence-electron chi connectivity index (χ1n) is 10.7. The van der Waals surface area contributed by atoms with Crippen LogP contribution in [0, 0.1) is 21.3 Å². The number of aromatic hydroxyl groups is 1. The number of nitrogens with zero attached hydrogens (tertiary/aromatic N) is 1. The Morgan fingerprint density at radius 3 is 2.55 bits per heavy atom. The molecular weight excluding hydrogens is 537 g/mol. The predicted molar refractivity (Wildman–Crippen MR) is 126 cm³/mol. The fraction of sp³-hybridized carbons (Fsp3) is 0.360. The van der Waals surface area contributed by atoms with Crippen LogP contribution in [0.2, 0.25) is 0 Å². The SMILES string of the molecule is COc1cc(C2C3=CCC4C(=O)N(C)C(=O)C4C3CC3=C2C(=O)C=C(C)C3=O)cc(I)c1O. The summed E-state index contributed by atoms with van der Waals surface area (Å²) in [5.74, 6) is -2.48. The summed E-state index contributed by atoms with van der Waals surface area (Å²) in [5, 5.41) is 10.4. The summed E-state index contributed by atoms with van der Waals surface area (Å²) in [5.41, 5.74) is 2.80. The molecule has 0 saturated carbocycles. The average Bonchev–Trinajstić information content (AvgIpc) is 3.02. The number of benzene rings is 1. The standard InChI is InChI=1S/C25H22INO6/c1-10-6-17(28)21-15(22(10)29)9-14-12(4-5-13-20(14)25(32)27(2)24(13)31)19(21)11-7-16(26)23(30)18(8-11)33-3/h4,6-8,13-14,19-20,30H,5,9H2,1-3H3. The van der Waals surface area contributed by atoms with Gasteiger partial charge in [0.1, 0.15) is 0 Å². The van der Waals surface area contributed by atoms with E-state index in [1.807, 2.05) is 28.7 Å². The van der Waals surface area contributed by atoms with E-state index in [0.29, 0.717) is 32.3 Å². The second kappa shape index (κ2) is 7.65. The molecule has 0 aromatic heterocycles. The highest BCUT2D eigenvalue weighted by Gasteiger charge is 2.55. The molecule has 1 aliphatic heterocycles. The van der Waals surface area contributed by atoms with Gasteiger partial charge in [-0.3, -0.25) is 24.1 Å². The van der Waals surface area contributed by atoms with E-state index in [2.05, 4.69) is 0 Å². The van der Waals surface area contributed by atoms with E-state index in [9.17, 15) is 24.3 Å². The summed E-state index contributed by atoms with van der Waals surface area (Å²) in [4.78, 5) is 53.3.